The van der Waals surface area contributed by atoms with Gasteiger partial charge in [-0.15, -0.1) is 0 Å². The summed E-state index contributed by atoms with van der Waals surface area (Å²) in [6.45, 7) is 16.9. The molecule has 3 atom stereocenters. The number of aryl methyl sites for hydroxylation is 1. The first-order chi connectivity index (χ1) is 53.6. The molecule has 18 rings (SSSR count). The molecule has 3 saturated heterocycles. The van der Waals surface area contributed by atoms with E-state index in [9.17, 15) is 23.9 Å². The van der Waals surface area contributed by atoms with E-state index in [2.05, 4.69) is 116 Å². The molecule has 28 heteroatoms. The number of aromatic nitrogens is 11. The topological polar surface area (TPSA) is 291 Å². The summed E-state index contributed by atoms with van der Waals surface area (Å²) < 4.78 is 31.5. The van der Waals surface area contributed by atoms with Crippen LogP contribution in [0.4, 0.5) is 50.3 Å². The number of nitrogens with one attached hydrogen (secondary N) is 6. The molecule has 17 heterocycles. The predicted molar refractivity (Wildman–Crippen MR) is 425 cm³/mol. The lowest BCUT2D eigenvalue weighted by atomic mass is 9.84. The summed E-state index contributed by atoms with van der Waals surface area (Å²) in [6, 6.07) is 28.6. The molecule has 27 nitrogen and oxygen atoms in total. The monoisotopic (exact) mass is 1500 g/mol. The third-order valence-corrected chi connectivity index (χ3v) is 22.1. The highest BCUT2D eigenvalue weighted by Gasteiger charge is 2.38. The molecule has 3 amide bonds. The molecule has 0 spiro atoms. The zero-order valence-corrected chi connectivity index (χ0v) is 63.6. The van der Waals surface area contributed by atoms with Crippen LogP contribution in [0.15, 0.2) is 153 Å². The molecule has 3 fully saturated rings. The third-order valence-electron chi connectivity index (χ3n) is 22.1. The van der Waals surface area contributed by atoms with E-state index < -0.39 is 5.60 Å². The molecular weight excluding hydrogens is 1410 g/mol. The molecule has 0 radical (unpaired) electrons. The Hall–Kier alpha value is -11.8. The first-order valence-corrected chi connectivity index (χ1v) is 37.6. The Kier molecular flexibility index (Phi) is 20.0. The summed E-state index contributed by atoms with van der Waals surface area (Å²) in [5.74, 6) is 1.46. The van der Waals surface area contributed by atoms with Crippen molar-refractivity contribution in [2.24, 2.45) is 5.92 Å². The molecule has 0 bridgehead atoms. The van der Waals surface area contributed by atoms with E-state index >= 15 is 0 Å². The van der Waals surface area contributed by atoms with Gasteiger partial charge in [0, 0.05) is 112 Å². The molecule has 111 heavy (non-hydrogen) atoms. The second kappa shape index (κ2) is 30.2. The number of piperidine rings is 1. The van der Waals surface area contributed by atoms with E-state index in [4.69, 9.17) is 24.4 Å². The number of benzene rings is 1. The Bertz CT molecular complexity index is 5530. The Morgan fingerprint density at radius 2 is 1.19 bits per heavy atom. The van der Waals surface area contributed by atoms with Gasteiger partial charge in [-0.2, -0.15) is 0 Å². The van der Waals surface area contributed by atoms with Gasteiger partial charge >= 0.3 is 0 Å². The van der Waals surface area contributed by atoms with Crippen molar-refractivity contribution in [3.8, 4) is 34.0 Å². The van der Waals surface area contributed by atoms with E-state index in [1.165, 1.54) is 12.1 Å². The highest BCUT2D eigenvalue weighted by atomic mass is 19.1. The van der Waals surface area contributed by atoms with Gasteiger partial charge in [0.15, 0.2) is 0 Å². The summed E-state index contributed by atoms with van der Waals surface area (Å²) in [5, 5.41) is 29.3. The van der Waals surface area contributed by atoms with Crippen molar-refractivity contribution in [1.29, 1.82) is 0 Å². The van der Waals surface area contributed by atoms with Crippen LogP contribution in [0.5, 0.6) is 0 Å². The molecule has 11 aromatic heterocycles. The van der Waals surface area contributed by atoms with Crippen molar-refractivity contribution in [2.45, 2.75) is 110 Å². The van der Waals surface area contributed by atoms with Crippen LogP contribution >= 0.6 is 0 Å². The number of likely N-dealkylation sites (N-methyl/N-ethyl adjacent to an activating group) is 1. The van der Waals surface area contributed by atoms with Gasteiger partial charge in [-0.25, -0.2) is 34.3 Å². The fourth-order valence-electron chi connectivity index (χ4n) is 15.6. The second-order valence-electron chi connectivity index (χ2n) is 30.6. The van der Waals surface area contributed by atoms with Crippen LogP contribution in [0.25, 0.3) is 51.0 Å². The number of hydrogen-bond donors (Lipinski definition) is 7. The highest BCUT2D eigenvalue weighted by Crippen LogP contribution is 2.41. The number of halogens is 1. The average Bonchev–Trinajstić information content (AvgIpc) is 1.64. The Morgan fingerprint density at radius 3 is 1.84 bits per heavy atom. The fourth-order valence-corrected chi connectivity index (χ4v) is 15.6. The maximum absolute atomic E-state index is 13.7. The van der Waals surface area contributed by atoms with Crippen LogP contribution in [0.3, 0.4) is 0 Å². The number of nitrogens with zero attached hydrogens (tertiary/aromatic N) is 15. The number of morpholine rings is 1. The first-order valence-electron chi connectivity index (χ1n) is 37.6. The van der Waals surface area contributed by atoms with E-state index in [0.717, 1.165) is 149 Å². The van der Waals surface area contributed by atoms with Gasteiger partial charge in [-0.3, -0.25) is 37.6 Å². The summed E-state index contributed by atoms with van der Waals surface area (Å²) in [6.07, 6.45) is 22.2. The number of anilines is 8. The fraction of sp³-hybridized carbons (Fsp3) is 0.337. The maximum Gasteiger partial charge on any atom is 0.254 e. The van der Waals surface area contributed by atoms with Gasteiger partial charge in [-0.1, -0.05) is 18.2 Å². The molecule has 12 aromatic rings. The number of rotatable bonds is 17. The lowest BCUT2D eigenvalue weighted by molar-refractivity contribution is -0.0484. The van der Waals surface area contributed by atoms with Crippen LogP contribution < -0.4 is 41.7 Å². The number of carbonyl (C=O) groups excluding carboxylic acids is 3. The molecule has 0 aliphatic carbocycles. The Morgan fingerprint density at radius 1 is 0.568 bits per heavy atom. The van der Waals surface area contributed by atoms with E-state index in [0.29, 0.717) is 89.6 Å². The Labute approximate surface area is 641 Å². The first kappa shape index (κ1) is 73.3. The quantitative estimate of drug-likeness (QED) is 0.0446. The lowest BCUT2D eigenvalue weighted by Gasteiger charge is -2.45. The molecule has 6 aliphatic heterocycles. The van der Waals surface area contributed by atoms with Crippen LogP contribution in [-0.2, 0) is 35.7 Å². The molecule has 1 aromatic carbocycles. The van der Waals surface area contributed by atoms with E-state index in [1.54, 1.807) is 31.0 Å². The van der Waals surface area contributed by atoms with Gasteiger partial charge in [0.25, 0.3) is 17.7 Å². The molecule has 1 unspecified atom stereocenters. The van der Waals surface area contributed by atoms with Crippen molar-refractivity contribution in [2.75, 3.05) is 93.3 Å². The minimum atomic E-state index is -0.697. The van der Waals surface area contributed by atoms with E-state index in [1.807, 2.05) is 146 Å². The number of hydrogen-bond acceptors (Lipinski definition) is 21. The zero-order chi connectivity index (χ0) is 77.0. The van der Waals surface area contributed by atoms with Gasteiger partial charge in [0.05, 0.1) is 147 Å². The number of aliphatic hydroxyl groups is 1. The number of pyridine rings is 8. The summed E-state index contributed by atoms with van der Waals surface area (Å²) >= 11 is 0. The van der Waals surface area contributed by atoms with Crippen molar-refractivity contribution in [1.82, 2.24) is 78.8 Å². The van der Waals surface area contributed by atoms with Crippen molar-refractivity contribution in [3.05, 3.63) is 209 Å². The number of fused-ring (bicyclic) bond motifs is 6. The molecule has 7 N–H and O–H groups in total. The second-order valence-corrected chi connectivity index (χ2v) is 30.6. The lowest BCUT2D eigenvalue weighted by Crippen LogP contribution is -2.57. The standard InChI is InChI=1S/C29H34N8O2.C27H27FN6O2.C27H29N7O2/c1-18-7-6-10-37-22(16-32-27(18)37)26-20-14-33-28(38)25(20)21(15-31-26)34-24-9-8-19(13-30-24)36-11-12-39-23(17-36)29(2,3)35(4)5;1-33(2)15-18-10-16(23-4-3-9-36-23)11-24(31-18)32-21-6-5-19(20-13-30-27(35)26(20)21)22-14-29-25-12-17(28)7-8-34(22)25;1-27(2,36)17-6-5-10-33(16-17)18-8-9-22(28-12-18)32-20-14-30-25(19-13-31-26(35)24(19)20)21-15-29-23-7-3-4-11-34(21)23/h6-10,13,15-16,23H,11-12,14,17H2,1-5H3,(H,30,34)(H,33,38);5-8,10-12,14,23H,3-4,9,13,15H2,1-2H3,(H,30,35)(H,31,32);3-4,7-9,11-12,14-15,17,36H,5-6,10,13,16H2,1-2H3,(H,28,32)(H,31,35)/t23-;;17-/m1.0/s1. The third kappa shape index (κ3) is 14.7. The van der Waals surface area contributed by atoms with Crippen molar-refractivity contribution < 1.29 is 33.4 Å². The van der Waals surface area contributed by atoms with Crippen LogP contribution in [0, 0.1) is 18.7 Å². The zero-order valence-electron chi connectivity index (χ0n) is 63.6. The minimum absolute atomic E-state index is 0.0610. The highest BCUT2D eigenvalue weighted by molar-refractivity contribution is 6.07. The normalized spacial score (nSPS) is 17.5. The largest absolute Gasteiger partial charge is 0.390 e. The molecule has 570 valence electrons. The molecular formula is C83H90FN21O6. The molecule has 0 saturated carbocycles. The smallest absolute Gasteiger partial charge is 0.254 e. The average molecular weight is 1500 g/mol. The van der Waals surface area contributed by atoms with Crippen molar-refractivity contribution >= 4 is 80.6 Å². The van der Waals surface area contributed by atoms with Crippen LogP contribution in [-0.4, -0.2) is 171 Å². The summed E-state index contributed by atoms with van der Waals surface area (Å²) in [4.78, 5) is 84.5. The van der Waals surface area contributed by atoms with Gasteiger partial charge in [-0.05, 0) is 172 Å². The summed E-state index contributed by atoms with van der Waals surface area (Å²) in [7, 11) is 8.19. The minimum Gasteiger partial charge on any atom is -0.390 e. The number of carbonyl (C=O) groups is 3. The number of ether oxygens (including phenoxy) is 2. The van der Waals surface area contributed by atoms with Gasteiger partial charge < -0.3 is 66.1 Å². The van der Waals surface area contributed by atoms with Gasteiger partial charge in [0.2, 0.25) is 0 Å². The van der Waals surface area contributed by atoms with Crippen LogP contribution in [0.1, 0.15) is 124 Å². The van der Waals surface area contributed by atoms with Crippen LogP contribution in [0.2, 0.25) is 0 Å². The number of amides is 3. The van der Waals surface area contributed by atoms with Crippen molar-refractivity contribution in [3.63, 3.8) is 0 Å². The predicted octanol–water partition coefficient (Wildman–Crippen LogP) is 11.8. The number of imidazole rings is 3. The maximum atomic E-state index is 13.7. The van der Waals surface area contributed by atoms with E-state index in [-0.39, 0.29) is 47.2 Å². The summed E-state index contributed by atoms with van der Waals surface area (Å²) in [5.41, 5.74) is 17.8. The van der Waals surface area contributed by atoms with Gasteiger partial charge in [0.1, 0.15) is 40.2 Å². The Balaban J connectivity index is 0.000000126. The molecule has 6 aliphatic rings. The SMILES string of the molecule is CC(C)(O)[C@H]1CCCN(c2ccc(Nc3cnc(-c4cnc5ccccn45)c4c3C(=O)NC4)nc2)C1.CN(C)Cc1cc(C2CCCO2)cc(Nc2ccc(-c3cnc4cc(F)ccn34)c3c2C(=O)NC3)n1.Cc1cccn2c(-c3ncc(Nc4ccc(N5CCO[C@@H](C(C)(C)N(C)C)C5)cn4)c4c3CNC4=O)cnc12.